The van der Waals surface area contributed by atoms with Crippen LogP contribution in [0.3, 0.4) is 0 Å². The Labute approximate surface area is 210 Å². The van der Waals surface area contributed by atoms with Gasteiger partial charge in [0.25, 0.3) is 11.1 Å². The Bertz CT molecular complexity index is 1160. The fourth-order valence-electron chi connectivity index (χ4n) is 2.96. The van der Waals surface area contributed by atoms with Crippen LogP contribution in [0.4, 0.5) is 14.9 Å². The van der Waals surface area contributed by atoms with Crippen LogP contribution in [0.15, 0.2) is 71.6 Å². The average Bonchev–Trinajstić information content (AvgIpc) is 3.02. The van der Waals surface area contributed by atoms with Crippen molar-refractivity contribution in [3.05, 3.63) is 95.7 Å². The van der Waals surface area contributed by atoms with Gasteiger partial charge in [0.1, 0.15) is 18.2 Å². The molecule has 3 aromatic rings. The maximum Gasteiger partial charge on any atom is 0.298 e. The van der Waals surface area contributed by atoms with Crippen LogP contribution in [-0.2, 0) is 11.4 Å². The Morgan fingerprint density at radius 3 is 2.26 bits per heavy atom. The molecule has 0 saturated carbocycles. The van der Waals surface area contributed by atoms with E-state index in [4.69, 9.17) is 4.74 Å². The van der Waals surface area contributed by atoms with Crippen LogP contribution in [0, 0.1) is 13.0 Å². The van der Waals surface area contributed by atoms with Crippen LogP contribution in [0.1, 0.15) is 11.1 Å². The molecular formula is C23H14FI2NO3S. The van der Waals surface area contributed by atoms with Crippen molar-refractivity contribution in [2.75, 3.05) is 4.90 Å². The zero-order valence-corrected chi connectivity index (χ0v) is 21.0. The molecule has 1 fully saturated rings. The SMILES string of the molecule is O=C1S/C(=C\c2cc(I)c(OCc3ccc(F)cc3)c(I)c2)C(=O)N1c1ccccc1. The first kappa shape index (κ1) is 22.3. The molecule has 4 rings (SSSR count). The lowest BCUT2D eigenvalue weighted by atomic mass is 10.2. The van der Waals surface area contributed by atoms with Crippen LogP contribution in [0.25, 0.3) is 6.08 Å². The van der Waals surface area contributed by atoms with Crippen molar-refractivity contribution in [1.82, 2.24) is 0 Å². The predicted octanol–water partition coefficient (Wildman–Crippen LogP) is 6.85. The van der Waals surface area contributed by atoms with Gasteiger partial charge >= 0.3 is 0 Å². The molecule has 1 saturated heterocycles. The number of halogens is 3. The molecule has 8 heteroatoms. The van der Waals surface area contributed by atoms with Gasteiger partial charge in [-0.25, -0.2) is 9.29 Å². The van der Waals surface area contributed by atoms with E-state index in [-0.39, 0.29) is 17.0 Å². The molecule has 1 heterocycles. The molecule has 0 atom stereocenters. The summed E-state index contributed by atoms with van der Waals surface area (Å²) in [6.07, 6.45) is 1.72. The van der Waals surface area contributed by atoms with Crippen LogP contribution in [0.5, 0.6) is 5.75 Å². The number of nitrogens with zero attached hydrogens (tertiary/aromatic N) is 1. The third-order valence-electron chi connectivity index (χ3n) is 4.42. The molecule has 1 aliphatic rings. The minimum atomic E-state index is -0.331. The Kier molecular flexibility index (Phi) is 6.97. The van der Waals surface area contributed by atoms with Crippen molar-refractivity contribution in [1.29, 1.82) is 0 Å². The van der Waals surface area contributed by atoms with E-state index >= 15 is 0 Å². The second-order valence-electron chi connectivity index (χ2n) is 6.58. The van der Waals surface area contributed by atoms with E-state index in [2.05, 4.69) is 45.2 Å². The fraction of sp³-hybridized carbons (Fsp3) is 0.0435. The summed E-state index contributed by atoms with van der Waals surface area (Å²) >= 11 is 5.29. The highest BCUT2D eigenvalue weighted by Crippen LogP contribution is 2.37. The van der Waals surface area contributed by atoms with E-state index in [0.29, 0.717) is 17.2 Å². The van der Waals surface area contributed by atoms with Crippen LogP contribution < -0.4 is 9.64 Å². The van der Waals surface area contributed by atoms with Gasteiger partial charge in [0.15, 0.2) is 0 Å². The van der Waals surface area contributed by atoms with E-state index in [1.165, 1.54) is 17.0 Å². The van der Waals surface area contributed by atoms with Gasteiger partial charge in [-0.15, -0.1) is 0 Å². The smallest absolute Gasteiger partial charge is 0.298 e. The van der Waals surface area contributed by atoms with Crippen molar-refractivity contribution in [2.24, 2.45) is 0 Å². The number of hydrogen-bond acceptors (Lipinski definition) is 4. The van der Waals surface area contributed by atoms with Crippen molar-refractivity contribution in [3.63, 3.8) is 0 Å². The summed E-state index contributed by atoms with van der Waals surface area (Å²) in [6, 6.07) is 18.9. The van der Waals surface area contributed by atoms with Crippen molar-refractivity contribution in [3.8, 4) is 5.75 Å². The molecule has 3 aromatic carbocycles. The number of benzene rings is 3. The summed E-state index contributed by atoms with van der Waals surface area (Å²) in [5, 5.41) is -0.314. The number of hydrogen-bond donors (Lipinski definition) is 0. The fourth-order valence-corrected chi connectivity index (χ4v) is 5.92. The highest BCUT2D eigenvalue weighted by atomic mass is 127. The minimum Gasteiger partial charge on any atom is -0.487 e. The number of thioether (sulfide) groups is 1. The monoisotopic (exact) mass is 657 g/mol. The molecule has 0 radical (unpaired) electrons. The van der Waals surface area contributed by atoms with Gasteiger partial charge in [-0.2, -0.15) is 0 Å². The maximum absolute atomic E-state index is 13.1. The normalized spacial score (nSPS) is 15.1. The van der Waals surface area contributed by atoms with Gasteiger partial charge in [-0.3, -0.25) is 9.59 Å². The standard InChI is InChI=1S/C23H14FI2NO3S/c24-16-8-6-14(7-9-16)13-30-21-18(25)10-15(11-19(21)26)12-20-22(28)27(23(29)31-20)17-4-2-1-3-5-17/h1-12H,13H2/b20-12-. The zero-order chi connectivity index (χ0) is 22.0. The first-order valence-electron chi connectivity index (χ1n) is 9.11. The van der Waals surface area contributed by atoms with Crippen LogP contribution in [-0.4, -0.2) is 11.1 Å². The average molecular weight is 657 g/mol. The summed E-state index contributed by atoms with van der Waals surface area (Å²) in [7, 11) is 0. The van der Waals surface area contributed by atoms with E-state index in [9.17, 15) is 14.0 Å². The molecule has 0 spiro atoms. The number of amides is 2. The molecule has 0 bridgehead atoms. The Morgan fingerprint density at radius 2 is 1.61 bits per heavy atom. The summed E-state index contributed by atoms with van der Waals surface area (Å²) in [6.45, 7) is 0.321. The molecule has 4 nitrogen and oxygen atoms in total. The summed E-state index contributed by atoms with van der Waals surface area (Å²) in [4.78, 5) is 26.8. The summed E-state index contributed by atoms with van der Waals surface area (Å²) in [5.41, 5.74) is 2.23. The minimum absolute atomic E-state index is 0.283. The molecule has 0 N–H and O–H groups in total. The highest BCUT2D eigenvalue weighted by molar-refractivity contribution is 14.1. The van der Waals surface area contributed by atoms with Crippen LogP contribution in [0.2, 0.25) is 0 Å². The number of imide groups is 1. The number of carbonyl (C=O) groups is 2. The zero-order valence-electron chi connectivity index (χ0n) is 15.8. The summed E-state index contributed by atoms with van der Waals surface area (Å²) < 4.78 is 20.8. The first-order valence-corrected chi connectivity index (χ1v) is 12.1. The van der Waals surface area contributed by atoms with Gasteiger partial charge in [0, 0.05) is 0 Å². The molecule has 0 aromatic heterocycles. The number of carbonyl (C=O) groups excluding carboxylic acids is 2. The van der Waals surface area contributed by atoms with Crippen molar-refractivity contribution < 1.29 is 18.7 Å². The second kappa shape index (κ2) is 9.70. The predicted molar refractivity (Wildman–Crippen MR) is 137 cm³/mol. The lowest BCUT2D eigenvalue weighted by Gasteiger charge is -2.12. The van der Waals surface area contributed by atoms with Gasteiger partial charge in [0.2, 0.25) is 0 Å². The van der Waals surface area contributed by atoms with Crippen LogP contribution >= 0.6 is 56.9 Å². The van der Waals surface area contributed by atoms with Gasteiger partial charge < -0.3 is 4.74 Å². The number of rotatable bonds is 5. The number of ether oxygens (including phenoxy) is 1. The molecule has 2 amide bonds. The molecule has 0 unspecified atom stereocenters. The molecule has 1 aliphatic heterocycles. The van der Waals surface area contributed by atoms with E-state index in [1.54, 1.807) is 42.5 Å². The number of anilines is 1. The van der Waals surface area contributed by atoms with Gasteiger partial charge in [-0.1, -0.05) is 30.3 Å². The van der Waals surface area contributed by atoms with E-state index < -0.39 is 0 Å². The lowest BCUT2D eigenvalue weighted by molar-refractivity contribution is -0.113. The first-order chi connectivity index (χ1) is 14.9. The second-order valence-corrected chi connectivity index (χ2v) is 9.90. The largest absolute Gasteiger partial charge is 0.487 e. The lowest BCUT2D eigenvalue weighted by Crippen LogP contribution is -2.27. The molecule has 0 aliphatic carbocycles. The number of para-hydroxylation sites is 1. The van der Waals surface area contributed by atoms with E-state index in [1.807, 2.05) is 18.2 Å². The van der Waals surface area contributed by atoms with Gasteiger partial charge in [-0.05, 0) is 111 Å². The van der Waals surface area contributed by atoms with Gasteiger partial charge in [0.05, 0.1) is 17.7 Å². The highest BCUT2D eigenvalue weighted by Gasteiger charge is 2.36. The van der Waals surface area contributed by atoms with E-state index in [0.717, 1.165) is 35.8 Å². The Morgan fingerprint density at radius 1 is 0.968 bits per heavy atom. The Hall–Kier alpha value is -1.92. The quantitative estimate of drug-likeness (QED) is 0.223. The third-order valence-corrected chi connectivity index (χ3v) is 6.90. The molecular weight excluding hydrogens is 643 g/mol. The molecule has 156 valence electrons. The topological polar surface area (TPSA) is 46.6 Å². The third kappa shape index (κ3) is 5.12. The summed E-state index contributed by atoms with van der Waals surface area (Å²) in [5.74, 6) is 0.108. The maximum atomic E-state index is 13.1. The Balaban J connectivity index is 1.54. The van der Waals surface area contributed by atoms with Crippen molar-refractivity contribution in [2.45, 2.75) is 6.61 Å². The molecule has 31 heavy (non-hydrogen) atoms. The van der Waals surface area contributed by atoms with Crippen molar-refractivity contribution >= 4 is 79.9 Å².